The fourth-order valence-corrected chi connectivity index (χ4v) is 2.56. The van der Waals surface area contributed by atoms with Gasteiger partial charge in [0.25, 0.3) is 0 Å². The Morgan fingerprint density at radius 1 is 1.04 bits per heavy atom. The third-order valence-corrected chi connectivity index (χ3v) is 4.35. The maximum absolute atomic E-state index is 13.2. The van der Waals surface area contributed by atoms with Gasteiger partial charge in [-0.25, -0.2) is 4.39 Å². The van der Waals surface area contributed by atoms with Gasteiger partial charge in [0.2, 0.25) is 11.8 Å². The molecule has 0 saturated heterocycles. The van der Waals surface area contributed by atoms with E-state index in [9.17, 15) is 14.0 Å². The minimum Gasteiger partial charge on any atom is -0.374 e. The first-order valence-corrected chi connectivity index (χ1v) is 8.73. The van der Waals surface area contributed by atoms with E-state index in [-0.39, 0.29) is 22.8 Å². The predicted molar refractivity (Wildman–Crippen MR) is 101 cm³/mol. The van der Waals surface area contributed by atoms with Crippen molar-refractivity contribution in [2.75, 3.05) is 16.0 Å². The second kappa shape index (κ2) is 7.74. The molecule has 26 heavy (non-hydrogen) atoms. The van der Waals surface area contributed by atoms with Crippen molar-refractivity contribution in [1.82, 2.24) is 0 Å². The van der Waals surface area contributed by atoms with Crippen LogP contribution in [0.1, 0.15) is 19.8 Å². The summed E-state index contributed by atoms with van der Waals surface area (Å²) in [6, 6.07) is 10.6. The highest BCUT2D eigenvalue weighted by Crippen LogP contribution is 2.30. The molecule has 2 aromatic carbocycles. The summed E-state index contributed by atoms with van der Waals surface area (Å²) in [5.41, 5.74) is 1.90. The molecule has 1 atom stereocenters. The summed E-state index contributed by atoms with van der Waals surface area (Å²) in [7, 11) is 0. The molecule has 1 aliphatic rings. The van der Waals surface area contributed by atoms with Gasteiger partial charge in [-0.2, -0.15) is 0 Å². The molecule has 1 fully saturated rings. The Morgan fingerprint density at radius 3 is 2.27 bits per heavy atom. The minimum atomic E-state index is -0.537. The van der Waals surface area contributed by atoms with E-state index in [0.29, 0.717) is 5.69 Å². The van der Waals surface area contributed by atoms with Crippen molar-refractivity contribution in [3.63, 3.8) is 0 Å². The number of carbonyl (C=O) groups excluding carboxylic acids is 2. The molecule has 3 N–H and O–H groups in total. The van der Waals surface area contributed by atoms with E-state index in [1.807, 2.05) is 0 Å². The lowest BCUT2D eigenvalue weighted by molar-refractivity contribution is -0.117. The molecule has 0 radical (unpaired) electrons. The monoisotopic (exact) mass is 375 g/mol. The van der Waals surface area contributed by atoms with Gasteiger partial charge in [-0.1, -0.05) is 11.6 Å². The smallest absolute Gasteiger partial charge is 0.246 e. The summed E-state index contributed by atoms with van der Waals surface area (Å²) < 4.78 is 13.2. The van der Waals surface area contributed by atoms with Crippen LogP contribution in [0.15, 0.2) is 42.5 Å². The van der Waals surface area contributed by atoms with Gasteiger partial charge in [-0.3, -0.25) is 9.59 Å². The number of rotatable bonds is 6. The zero-order chi connectivity index (χ0) is 18.7. The summed E-state index contributed by atoms with van der Waals surface area (Å²) in [5.74, 6) is -0.614. The molecule has 1 aliphatic carbocycles. The van der Waals surface area contributed by atoms with E-state index < -0.39 is 11.9 Å². The van der Waals surface area contributed by atoms with Crippen LogP contribution in [0, 0.1) is 11.7 Å². The Balaban J connectivity index is 1.54. The third kappa shape index (κ3) is 4.73. The number of hydrogen-bond donors (Lipinski definition) is 3. The largest absolute Gasteiger partial charge is 0.374 e. The number of carbonyl (C=O) groups is 2. The summed E-state index contributed by atoms with van der Waals surface area (Å²) in [6.07, 6.45) is 1.91. The Kier molecular flexibility index (Phi) is 5.42. The minimum absolute atomic E-state index is 0.0488. The van der Waals surface area contributed by atoms with E-state index in [4.69, 9.17) is 11.6 Å². The lowest BCUT2D eigenvalue weighted by atomic mass is 10.2. The van der Waals surface area contributed by atoms with E-state index in [1.165, 1.54) is 18.2 Å². The van der Waals surface area contributed by atoms with E-state index >= 15 is 0 Å². The molecule has 3 rings (SSSR count). The molecule has 0 heterocycles. The predicted octanol–water partition coefficient (Wildman–Crippen LogP) is 4.27. The maximum atomic E-state index is 13.2. The number of halogens is 2. The van der Waals surface area contributed by atoms with Crippen molar-refractivity contribution in [3.05, 3.63) is 53.3 Å². The Morgan fingerprint density at radius 2 is 1.65 bits per heavy atom. The molecule has 5 nitrogen and oxygen atoms in total. The fraction of sp³-hybridized carbons (Fsp3) is 0.263. The molecule has 7 heteroatoms. The third-order valence-electron chi connectivity index (χ3n) is 4.06. The lowest BCUT2D eigenvalue weighted by Gasteiger charge is -2.16. The van der Waals surface area contributed by atoms with E-state index in [1.54, 1.807) is 31.2 Å². The molecular formula is C19H19ClFN3O2. The second-order valence-electron chi connectivity index (χ2n) is 6.33. The zero-order valence-corrected chi connectivity index (χ0v) is 14.9. The van der Waals surface area contributed by atoms with Crippen LogP contribution in [0.3, 0.4) is 0 Å². The average molecular weight is 376 g/mol. The molecule has 136 valence electrons. The number of amides is 2. The Bertz CT molecular complexity index is 822. The molecule has 0 aliphatic heterocycles. The molecule has 2 aromatic rings. The summed E-state index contributed by atoms with van der Waals surface area (Å²) in [4.78, 5) is 24.0. The lowest BCUT2D eigenvalue weighted by Crippen LogP contribution is -2.31. The molecular weight excluding hydrogens is 357 g/mol. The van der Waals surface area contributed by atoms with Gasteiger partial charge in [-0.15, -0.1) is 0 Å². The number of nitrogens with one attached hydrogen (secondary N) is 3. The number of benzene rings is 2. The maximum Gasteiger partial charge on any atom is 0.246 e. The molecule has 1 saturated carbocycles. The molecule has 0 spiro atoms. The van der Waals surface area contributed by atoms with E-state index in [2.05, 4.69) is 16.0 Å². The van der Waals surface area contributed by atoms with Gasteiger partial charge in [0.05, 0.1) is 5.02 Å². The van der Waals surface area contributed by atoms with Crippen molar-refractivity contribution in [3.8, 4) is 0 Å². The van der Waals surface area contributed by atoms with Gasteiger partial charge in [-0.05, 0) is 62.2 Å². The fourth-order valence-electron chi connectivity index (χ4n) is 2.38. The molecule has 1 unspecified atom stereocenters. The van der Waals surface area contributed by atoms with Gasteiger partial charge in [0.15, 0.2) is 0 Å². The van der Waals surface area contributed by atoms with Crippen LogP contribution in [-0.4, -0.2) is 17.9 Å². The van der Waals surface area contributed by atoms with Crippen LogP contribution in [0.4, 0.5) is 21.5 Å². The van der Waals surface area contributed by atoms with Crippen LogP contribution in [0.2, 0.25) is 5.02 Å². The molecule has 0 bridgehead atoms. The van der Waals surface area contributed by atoms with Crippen molar-refractivity contribution in [2.45, 2.75) is 25.8 Å². The summed E-state index contributed by atoms with van der Waals surface area (Å²) >= 11 is 5.71. The van der Waals surface area contributed by atoms with Crippen molar-refractivity contribution >= 4 is 40.5 Å². The van der Waals surface area contributed by atoms with E-state index in [0.717, 1.165) is 24.2 Å². The summed E-state index contributed by atoms with van der Waals surface area (Å²) in [6.45, 7) is 1.71. The highest BCUT2D eigenvalue weighted by atomic mass is 35.5. The Labute approximate surface area is 155 Å². The van der Waals surface area contributed by atoms with Crippen LogP contribution >= 0.6 is 11.6 Å². The topological polar surface area (TPSA) is 70.2 Å². The summed E-state index contributed by atoms with van der Waals surface area (Å²) in [5, 5.41) is 8.56. The van der Waals surface area contributed by atoms with Gasteiger partial charge >= 0.3 is 0 Å². The van der Waals surface area contributed by atoms with Crippen molar-refractivity contribution in [2.24, 2.45) is 5.92 Å². The Hall–Kier alpha value is -2.60. The number of anilines is 3. The first kappa shape index (κ1) is 18.2. The highest BCUT2D eigenvalue weighted by molar-refractivity contribution is 6.31. The van der Waals surface area contributed by atoms with Gasteiger partial charge in [0, 0.05) is 23.0 Å². The zero-order valence-electron chi connectivity index (χ0n) is 14.2. The average Bonchev–Trinajstić information content (AvgIpc) is 3.45. The second-order valence-corrected chi connectivity index (χ2v) is 6.73. The van der Waals surface area contributed by atoms with Crippen molar-refractivity contribution in [1.29, 1.82) is 0 Å². The standard InChI is InChI=1S/C19H19ClFN3O2/c1-11(18(25)24-15-8-9-17(21)16(20)10-15)22-13-4-6-14(7-5-13)23-19(26)12-2-3-12/h4-12,22H,2-3H2,1H3,(H,23,26)(H,24,25). The SMILES string of the molecule is CC(Nc1ccc(NC(=O)C2CC2)cc1)C(=O)Nc1ccc(F)c(Cl)c1. The van der Waals surface area contributed by atoms with Crippen LogP contribution in [-0.2, 0) is 9.59 Å². The highest BCUT2D eigenvalue weighted by Gasteiger charge is 2.29. The first-order chi connectivity index (χ1) is 12.4. The van der Waals surface area contributed by atoms with Gasteiger partial charge in [0.1, 0.15) is 11.9 Å². The molecule has 2 amide bonds. The van der Waals surface area contributed by atoms with Gasteiger partial charge < -0.3 is 16.0 Å². The van der Waals surface area contributed by atoms with Crippen LogP contribution in [0.25, 0.3) is 0 Å². The normalized spacial score (nSPS) is 14.4. The molecule has 0 aromatic heterocycles. The van der Waals surface area contributed by atoms with Crippen LogP contribution < -0.4 is 16.0 Å². The van der Waals surface area contributed by atoms with Crippen molar-refractivity contribution < 1.29 is 14.0 Å². The quantitative estimate of drug-likeness (QED) is 0.706. The number of hydrogen-bond acceptors (Lipinski definition) is 3. The first-order valence-electron chi connectivity index (χ1n) is 8.36. The van der Waals surface area contributed by atoms with Crippen LogP contribution in [0.5, 0.6) is 0 Å².